The smallest absolute Gasteiger partial charge is 0.421 e. The number of pyridine rings is 1. The first kappa shape index (κ1) is 12.9. The van der Waals surface area contributed by atoms with Crippen LogP contribution in [0.3, 0.4) is 0 Å². The van der Waals surface area contributed by atoms with Gasteiger partial charge in [-0.15, -0.1) is 0 Å². The molecule has 1 rings (SSSR count). The molecule has 0 amide bonds. The summed E-state index contributed by atoms with van der Waals surface area (Å²) in [7, 11) is 1.11. The summed E-state index contributed by atoms with van der Waals surface area (Å²) >= 11 is 0. The third kappa shape index (κ3) is 3.39. The summed E-state index contributed by atoms with van der Waals surface area (Å²) in [6, 6.07) is 2.61. The lowest BCUT2D eigenvalue weighted by atomic mass is 10.2. The molecule has 0 unspecified atom stereocenters. The standard InChI is InChI=1S/C11H7F3N2O/c1-17-10-9(11(12,13)14)6-8(7-16-10)4-2-3-5-15/h6-7H,3H2,1H3. The van der Waals surface area contributed by atoms with Gasteiger partial charge < -0.3 is 4.74 Å². The van der Waals surface area contributed by atoms with Crippen LogP contribution in [0.2, 0.25) is 0 Å². The van der Waals surface area contributed by atoms with E-state index in [-0.39, 0.29) is 12.0 Å². The van der Waals surface area contributed by atoms with Gasteiger partial charge >= 0.3 is 6.18 Å². The van der Waals surface area contributed by atoms with Crippen LogP contribution in [0.1, 0.15) is 17.5 Å². The highest BCUT2D eigenvalue weighted by Crippen LogP contribution is 2.35. The van der Waals surface area contributed by atoms with E-state index in [4.69, 9.17) is 5.26 Å². The van der Waals surface area contributed by atoms with Gasteiger partial charge in [-0.1, -0.05) is 11.8 Å². The van der Waals surface area contributed by atoms with Crippen LogP contribution >= 0.6 is 0 Å². The lowest BCUT2D eigenvalue weighted by molar-refractivity contribution is -0.139. The van der Waals surface area contributed by atoms with E-state index in [0.717, 1.165) is 13.2 Å². The molecule has 0 saturated carbocycles. The molecule has 0 radical (unpaired) electrons. The molecule has 6 heteroatoms. The molecule has 1 aromatic heterocycles. The zero-order valence-corrected chi connectivity index (χ0v) is 8.80. The Morgan fingerprint density at radius 1 is 1.47 bits per heavy atom. The molecule has 0 aromatic carbocycles. The van der Waals surface area contributed by atoms with E-state index in [2.05, 4.69) is 21.6 Å². The van der Waals surface area contributed by atoms with Gasteiger partial charge in [0.05, 0.1) is 19.6 Å². The predicted molar refractivity (Wildman–Crippen MR) is 52.9 cm³/mol. The maximum Gasteiger partial charge on any atom is 0.421 e. The van der Waals surface area contributed by atoms with Gasteiger partial charge in [0.25, 0.3) is 0 Å². The zero-order valence-electron chi connectivity index (χ0n) is 8.80. The number of hydrogen-bond donors (Lipinski definition) is 0. The number of methoxy groups -OCH3 is 1. The van der Waals surface area contributed by atoms with Gasteiger partial charge in [0, 0.05) is 11.8 Å². The van der Waals surface area contributed by atoms with Crippen LogP contribution < -0.4 is 4.74 Å². The Morgan fingerprint density at radius 3 is 2.71 bits per heavy atom. The molecule has 1 aromatic rings. The molecule has 0 atom stereocenters. The normalized spacial score (nSPS) is 10.1. The number of nitriles is 1. The molecule has 88 valence electrons. The number of aromatic nitrogens is 1. The molecule has 0 aliphatic heterocycles. The molecule has 0 spiro atoms. The van der Waals surface area contributed by atoms with E-state index in [9.17, 15) is 13.2 Å². The topological polar surface area (TPSA) is 45.9 Å². The first-order valence-corrected chi connectivity index (χ1v) is 4.46. The minimum Gasteiger partial charge on any atom is -0.481 e. The second kappa shape index (κ2) is 5.22. The Kier molecular flexibility index (Phi) is 3.95. The van der Waals surface area contributed by atoms with Crippen molar-refractivity contribution < 1.29 is 17.9 Å². The fourth-order valence-electron chi connectivity index (χ4n) is 1.07. The van der Waals surface area contributed by atoms with E-state index >= 15 is 0 Å². The fourth-order valence-corrected chi connectivity index (χ4v) is 1.07. The third-order valence-corrected chi connectivity index (χ3v) is 1.75. The van der Waals surface area contributed by atoms with Crippen LogP contribution in [0.4, 0.5) is 13.2 Å². The number of halogens is 3. The molecule has 1 heterocycles. The first-order valence-electron chi connectivity index (χ1n) is 4.46. The highest BCUT2D eigenvalue weighted by molar-refractivity contribution is 5.40. The monoisotopic (exact) mass is 240 g/mol. The molecular weight excluding hydrogens is 233 g/mol. The van der Waals surface area contributed by atoms with Crippen LogP contribution in [0.15, 0.2) is 12.3 Å². The minimum atomic E-state index is -4.55. The number of nitrogens with zero attached hydrogens (tertiary/aromatic N) is 2. The largest absolute Gasteiger partial charge is 0.481 e. The Bertz CT molecular complexity index is 506. The fraction of sp³-hybridized carbons (Fsp3) is 0.273. The summed E-state index contributed by atoms with van der Waals surface area (Å²) in [5.74, 6) is 4.33. The average Bonchev–Trinajstić information content (AvgIpc) is 2.28. The molecule has 0 aliphatic carbocycles. The van der Waals surface area contributed by atoms with Crippen LogP contribution in [-0.2, 0) is 6.18 Å². The molecule has 3 nitrogen and oxygen atoms in total. The quantitative estimate of drug-likeness (QED) is 0.708. The number of hydrogen-bond acceptors (Lipinski definition) is 3. The maximum atomic E-state index is 12.6. The number of rotatable bonds is 1. The van der Waals surface area contributed by atoms with E-state index in [1.54, 1.807) is 6.07 Å². The molecule has 0 saturated heterocycles. The van der Waals surface area contributed by atoms with E-state index < -0.39 is 17.6 Å². The molecule has 17 heavy (non-hydrogen) atoms. The van der Waals surface area contributed by atoms with Crippen molar-refractivity contribution in [2.24, 2.45) is 0 Å². The summed E-state index contributed by atoms with van der Waals surface area (Å²) < 4.78 is 42.3. The number of ether oxygens (including phenoxy) is 1. The van der Waals surface area contributed by atoms with Gasteiger partial charge in [0.15, 0.2) is 0 Å². The molecule has 0 fully saturated rings. The lowest BCUT2D eigenvalue weighted by Gasteiger charge is -2.10. The van der Waals surface area contributed by atoms with Crippen molar-refractivity contribution in [1.82, 2.24) is 4.98 Å². The predicted octanol–water partition coefficient (Wildman–Crippen LogP) is 2.37. The van der Waals surface area contributed by atoms with E-state index in [0.29, 0.717) is 0 Å². The van der Waals surface area contributed by atoms with Crippen molar-refractivity contribution >= 4 is 0 Å². The maximum absolute atomic E-state index is 12.6. The SMILES string of the molecule is COc1ncc(C#CCC#N)cc1C(F)(F)F. The van der Waals surface area contributed by atoms with Crippen LogP contribution in [-0.4, -0.2) is 12.1 Å². The average molecular weight is 240 g/mol. The number of alkyl halides is 3. The van der Waals surface area contributed by atoms with Crippen LogP contribution in [0, 0.1) is 23.2 Å². The second-order valence-corrected chi connectivity index (χ2v) is 2.92. The van der Waals surface area contributed by atoms with Gasteiger partial charge in [-0.25, -0.2) is 4.98 Å². The van der Waals surface area contributed by atoms with E-state index in [1.165, 1.54) is 6.20 Å². The molecule has 0 aliphatic rings. The summed E-state index contributed by atoms with van der Waals surface area (Å²) in [4.78, 5) is 3.51. The lowest BCUT2D eigenvalue weighted by Crippen LogP contribution is -2.09. The summed E-state index contributed by atoms with van der Waals surface area (Å²) in [5, 5.41) is 8.24. The third-order valence-electron chi connectivity index (χ3n) is 1.75. The Balaban J connectivity index is 3.16. The summed E-state index contributed by atoms with van der Waals surface area (Å²) in [6.45, 7) is 0. The van der Waals surface area contributed by atoms with Crippen LogP contribution in [0.25, 0.3) is 0 Å². The van der Waals surface area contributed by atoms with Crippen molar-refractivity contribution in [1.29, 1.82) is 5.26 Å². The second-order valence-electron chi connectivity index (χ2n) is 2.92. The Labute approximate surface area is 95.8 Å². The van der Waals surface area contributed by atoms with Crippen molar-refractivity contribution in [3.63, 3.8) is 0 Å². The van der Waals surface area contributed by atoms with Gasteiger partial charge in [-0.2, -0.15) is 18.4 Å². The van der Waals surface area contributed by atoms with Crippen molar-refractivity contribution in [2.45, 2.75) is 12.6 Å². The Morgan fingerprint density at radius 2 is 2.18 bits per heavy atom. The minimum absolute atomic E-state index is 0.0482. The summed E-state index contributed by atoms with van der Waals surface area (Å²) in [5.41, 5.74) is -0.892. The van der Waals surface area contributed by atoms with Crippen molar-refractivity contribution in [3.8, 4) is 23.8 Å². The van der Waals surface area contributed by atoms with Gasteiger partial charge in [0.2, 0.25) is 5.88 Å². The van der Waals surface area contributed by atoms with Crippen LogP contribution in [0.5, 0.6) is 5.88 Å². The molecule has 0 N–H and O–H groups in total. The Hall–Kier alpha value is -2.21. The van der Waals surface area contributed by atoms with Gasteiger partial charge in [-0.05, 0) is 6.07 Å². The first-order chi connectivity index (χ1) is 7.99. The van der Waals surface area contributed by atoms with E-state index in [1.807, 2.05) is 0 Å². The highest BCUT2D eigenvalue weighted by atomic mass is 19.4. The van der Waals surface area contributed by atoms with Crippen molar-refractivity contribution in [2.75, 3.05) is 7.11 Å². The van der Waals surface area contributed by atoms with Crippen molar-refractivity contribution in [3.05, 3.63) is 23.4 Å². The highest BCUT2D eigenvalue weighted by Gasteiger charge is 2.35. The molecular formula is C11H7F3N2O. The summed E-state index contributed by atoms with van der Waals surface area (Å²) in [6.07, 6.45) is -3.43. The molecule has 0 bridgehead atoms. The van der Waals surface area contributed by atoms with Gasteiger partial charge in [-0.3, -0.25) is 0 Å². The zero-order chi connectivity index (χ0) is 12.9. The van der Waals surface area contributed by atoms with Gasteiger partial charge in [0.1, 0.15) is 5.56 Å².